The first kappa shape index (κ1) is 18.7. The fraction of sp³-hybridized carbons (Fsp3) is 0.273. The third-order valence-electron chi connectivity index (χ3n) is 4.40. The molecule has 0 spiro atoms. The summed E-state index contributed by atoms with van der Waals surface area (Å²) in [4.78, 5) is 24.7. The second-order valence-electron chi connectivity index (χ2n) is 6.36. The summed E-state index contributed by atoms with van der Waals surface area (Å²) in [7, 11) is 1.57. The Kier molecular flexibility index (Phi) is 5.31. The molecule has 140 valence electrons. The van der Waals surface area contributed by atoms with Crippen molar-refractivity contribution in [1.29, 1.82) is 0 Å². The Morgan fingerprint density at radius 3 is 2.56 bits per heavy atom. The Balaban J connectivity index is 2.30. The predicted octanol–water partition coefficient (Wildman–Crippen LogP) is 4.65. The molecule has 0 amide bonds. The number of methoxy groups -OCH3 is 1. The molecule has 0 aliphatic rings. The first-order valence-corrected chi connectivity index (χ1v) is 8.88. The summed E-state index contributed by atoms with van der Waals surface area (Å²) in [6, 6.07) is 10.7. The highest BCUT2D eigenvalue weighted by atomic mass is 16.5. The van der Waals surface area contributed by atoms with Gasteiger partial charge in [0, 0.05) is 18.6 Å². The maximum atomic E-state index is 13.3. The average molecular weight is 366 g/mol. The van der Waals surface area contributed by atoms with Crippen molar-refractivity contribution in [2.45, 2.75) is 33.6 Å². The van der Waals surface area contributed by atoms with E-state index in [0.717, 1.165) is 12.0 Å². The molecular weight excluding hydrogens is 344 g/mol. The third kappa shape index (κ3) is 3.58. The van der Waals surface area contributed by atoms with Gasteiger partial charge < -0.3 is 13.9 Å². The first-order chi connectivity index (χ1) is 13.0. The first-order valence-electron chi connectivity index (χ1n) is 8.88. The highest BCUT2D eigenvalue weighted by molar-refractivity contribution is 5.86. The highest BCUT2D eigenvalue weighted by Gasteiger charge is 2.19. The number of hydrogen-bond donors (Lipinski definition) is 0. The van der Waals surface area contributed by atoms with E-state index in [2.05, 4.69) is 0 Å². The van der Waals surface area contributed by atoms with Crippen molar-refractivity contribution >= 4 is 16.9 Å². The molecule has 1 aromatic heterocycles. The molecule has 0 unspecified atom stereocenters. The molecule has 0 fully saturated rings. The lowest BCUT2D eigenvalue weighted by atomic mass is 9.99. The number of ether oxygens (including phenoxy) is 2. The van der Waals surface area contributed by atoms with Crippen LogP contribution < -0.4 is 14.9 Å². The number of fused-ring (bicyclic) bond motifs is 1. The quantitative estimate of drug-likeness (QED) is 0.485. The second kappa shape index (κ2) is 7.66. The van der Waals surface area contributed by atoms with Gasteiger partial charge in [0.2, 0.25) is 5.43 Å². The Morgan fingerprint density at radius 1 is 1.15 bits per heavy atom. The summed E-state index contributed by atoms with van der Waals surface area (Å²) in [6.07, 6.45) is 1.55. The van der Waals surface area contributed by atoms with E-state index in [9.17, 15) is 9.59 Å². The summed E-state index contributed by atoms with van der Waals surface area (Å²) in [6.45, 7) is 5.12. The number of para-hydroxylation sites is 1. The van der Waals surface area contributed by atoms with Crippen LogP contribution in [0.15, 0.2) is 45.6 Å². The number of rotatable bonds is 5. The van der Waals surface area contributed by atoms with Gasteiger partial charge in [-0.3, -0.25) is 9.59 Å². The summed E-state index contributed by atoms with van der Waals surface area (Å²) in [5.41, 5.74) is 2.23. The summed E-state index contributed by atoms with van der Waals surface area (Å²) >= 11 is 0. The molecule has 0 atom stereocenters. The van der Waals surface area contributed by atoms with Gasteiger partial charge in [0.1, 0.15) is 22.8 Å². The number of esters is 1. The largest absolute Gasteiger partial charge is 0.496 e. The topological polar surface area (TPSA) is 65.7 Å². The van der Waals surface area contributed by atoms with Gasteiger partial charge in [-0.05, 0) is 31.0 Å². The van der Waals surface area contributed by atoms with Crippen LogP contribution in [0.5, 0.6) is 11.5 Å². The molecule has 0 saturated heterocycles. The fourth-order valence-corrected chi connectivity index (χ4v) is 3.26. The van der Waals surface area contributed by atoms with E-state index < -0.39 is 5.97 Å². The molecule has 27 heavy (non-hydrogen) atoms. The Bertz CT molecular complexity index is 1060. The molecule has 0 bridgehead atoms. The number of carbonyl (C=O) groups excluding carboxylic acids is 1. The summed E-state index contributed by atoms with van der Waals surface area (Å²) in [5.74, 6) is 1.12. The van der Waals surface area contributed by atoms with Crippen molar-refractivity contribution in [1.82, 2.24) is 0 Å². The minimum atomic E-state index is -0.406. The number of aryl methyl sites for hydroxylation is 2. The molecule has 0 N–H and O–H groups in total. The molecule has 0 radical (unpaired) electrons. The predicted molar refractivity (Wildman–Crippen MR) is 105 cm³/mol. The van der Waals surface area contributed by atoms with E-state index in [1.807, 2.05) is 31.2 Å². The lowest BCUT2D eigenvalue weighted by Gasteiger charge is -2.13. The van der Waals surface area contributed by atoms with E-state index in [0.29, 0.717) is 45.8 Å². The zero-order chi connectivity index (χ0) is 19.6. The average Bonchev–Trinajstić information content (AvgIpc) is 2.63. The van der Waals surface area contributed by atoms with Crippen LogP contribution >= 0.6 is 0 Å². The number of benzene rings is 2. The Morgan fingerprint density at radius 2 is 1.89 bits per heavy atom. The minimum absolute atomic E-state index is 0.134. The molecule has 5 heteroatoms. The van der Waals surface area contributed by atoms with Gasteiger partial charge in [-0.25, -0.2) is 0 Å². The van der Waals surface area contributed by atoms with Crippen LogP contribution in [0, 0.1) is 6.92 Å². The monoisotopic (exact) mass is 366 g/mol. The molecule has 3 rings (SSSR count). The van der Waals surface area contributed by atoms with Crippen molar-refractivity contribution in [3.63, 3.8) is 0 Å². The van der Waals surface area contributed by atoms with E-state index in [4.69, 9.17) is 13.9 Å². The van der Waals surface area contributed by atoms with Gasteiger partial charge in [0.15, 0.2) is 0 Å². The standard InChI is InChI=1S/C22H22O5/c1-5-8-15-11-17-20(12-19(15)27-14(3)23)26-13(2)21(22(17)24)16-9-6-7-10-18(16)25-4/h6-7,9-12H,5,8H2,1-4H3. The molecule has 0 aliphatic carbocycles. The van der Waals surface area contributed by atoms with E-state index in [-0.39, 0.29) is 5.43 Å². The van der Waals surface area contributed by atoms with Crippen LogP contribution in [0.2, 0.25) is 0 Å². The van der Waals surface area contributed by atoms with Crippen LogP contribution in [0.3, 0.4) is 0 Å². The third-order valence-corrected chi connectivity index (χ3v) is 4.40. The molecule has 5 nitrogen and oxygen atoms in total. The van der Waals surface area contributed by atoms with Crippen LogP contribution in [0.1, 0.15) is 31.6 Å². The van der Waals surface area contributed by atoms with E-state index in [1.165, 1.54) is 6.92 Å². The zero-order valence-electron chi connectivity index (χ0n) is 15.9. The molecular formula is C22H22O5. The number of carbonyl (C=O) groups is 1. The Labute approximate surface area is 157 Å². The number of hydrogen-bond acceptors (Lipinski definition) is 5. The molecule has 3 aromatic rings. The SMILES string of the molecule is CCCc1cc2c(=O)c(-c3ccccc3OC)c(C)oc2cc1OC(C)=O. The lowest BCUT2D eigenvalue weighted by Crippen LogP contribution is -2.10. The van der Waals surface area contributed by atoms with E-state index >= 15 is 0 Å². The van der Waals surface area contributed by atoms with Crippen molar-refractivity contribution in [2.24, 2.45) is 0 Å². The van der Waals surface area contributed by atoms with Crippen LogP contribution in [0.25, 0.3) is 22.1 Å². The zero-order valence-corrected chi connectivity index (χ0v) is 15.9. The van der Waals surface area contributed by atoms with Crippen molar-refractivity contribution in [2.75, 3.05) is 7.11 Å². The smallest absolute Gasteiger partial charge is 0.308 e. The van der Waals surface area contributed by atoms with Gasteiger partial charge >= 0.3 is 5.97 Å². The molecule has 0 saturated carbocycles. The van der Waals surface area contributed by atoms with Gasteiger partial charge in [-0.1, -0.05) is 31.5 Å². The maximum absolute atomic E-state index is 13.3. The summed E-state index contributed by atoms with van der Waals surface area (Å²) < 4.78 is 16.7. The van der Waals surface area contributed by atoms with Gasteiger partial charge in [-0.2, -0.15) is 0 Å². The van der Waals surface area contributed by atoms with Crippen molar-refractivity contribution in [3.8, 4) is 22.6 Å². The molecule has 2 aromatic carbocycles. The molecule has 1 heterocycles. The highest BCUT2D eigenvalue weighted by Crippen LogP contribution is 2.33. The van der Waals surface area contributed by atoms with Gasteiger partial charge in [-0.15, -0.1) is 0 Å². The minimum Gasteiger partial charge on any atom is -0.496 e. The summed E-state index contributed by atoms with van der Waals surface area (Å²) in [5, 5.41) is 0.459. The van der Waals surface area contributed by atoms with Crippen LogP contribution in [-0.4, -0.2) is 13.1 Å². The van der Waals surface area contributed by atoms with Crippen LogP contribution in [-0.2, 0) is 11.2 Å². The maximum Gasteiger partial charge on any atom is 0.308 e. The van der Waals surface area contributed by atoms with E-state index in [1.54, 1.807) is 26.2 Å². The second-order valence-corrected chi connectivity index (χ2v) is 6.36. The van der Waals surface area contributed by atoms with Gasteiger partial charge in [0.05, 0.1) is 18.1 Å². The normalized spacial score (nSPS) is 10.8. The lowest BCUT2D eigenvalue weighted by molar-refractivity contribution is -0.131. The fourth-order valence-electron chi connectivity index (χ4n) is 3.26. The van der Waals surface area contributed by atoms with Crippen molar-refractivity contribution in [3.05, 3.63) is 57.9 Å². The van der Waals surface area contributed by atoms with Crippen molar-refractivity contribution < 1.29 is 18.7 Å². The van der Waals surface area contributed by atoms with Gasteiger partial charge in [0.25, 0.3) is 0 Å². The Hall–Kier alpha value is -3.08. The molecule has 0 aliphatic heterocycles. The van der Waals surface area contributed by atoms with Crippen LogP contribution in [0.4, 0.5) is 0 Å².